The quantitative estimate of drug-likeness (QED) is 0.345. The van der Waals surface area contributed by atoms with Crippen molar-refractivity contribution >= 4 is 11.5 Å². The minimum atomic E-state index is -0.333. The summed E-state index contributed by atoms with van der Waals surface area (Å²) < 4.78 is 23.3. The Hall–Kier alpha value is -3.25. The molecule has 1 aliphatic heterocycles. The number of phenolic OH excluding ortho intramolecular Hbond substituents is 1. The predicted molar refractivity (Wildman–Crippen MR) is 134 cm³/mol. The Kier molecular flexibility index (Phi) is 18.8. The molecule has 1 fully saturated rings. The van der Waals surface area contributed by atoms with E-state index in [9.17, 15) is 13.6 Å². The van der Waals surface area contributed by atoms with E-state index in [4.69, 9.17) is 10.2 Å². The lowest BCUT2D eigenvalue weighted by atomic mass is 9.97. The van der Waals surface area contributed by atoms with Gasteiger partial charge in [0.2, 0.25) is 5.91 Å². The first-order valence-electron chi connectivity index (χ1n) is 10.7. The summed E-state index contributed by atoms with van der Waals surface area (Å²) in [5.41, 5.74) is 2.73. The van der Waals surface area contributed by atoms with Crippen LogP contribution in [0.1, 0.15) is 58.2 Å². The smallest absolute Gasteiger partial charge is 0.222 e. The summed E-state index contributed by atoms with van der Waals surface area (Å²) in [6.07, 6.45) is 4.12. The number of hydrogen-bond acceptors (Lipinski definition) is 3. The molecule has 0 aliphatic carbocycles. The lowest BCUT2D eigenvalue weighted by Gasteiger charge is -2.27. The monoisotopic (exact) mass is 461 g/mol. The standard InChI is InChI=1S/C10H11FO.C9H9NO2.C3H5F.C3H6.C2H6/c1-2-8(7-12)9-3-5-10(11)6-4-9;11-7-3-1-6(2-4-7)8-5-9(12)10-8;1-3(2)4;1-3-2;1-2/h2-6,12H,7H2,1H3;1-4,8,11H,5H2,(H,10,12);1H2,2H3;3H,1H2,2H3;1-2H3/b8-2+;;;;. The molecule has 1 saturated heterocycles. The Labute approximate surface area is 197 Å². The highest BCUT2D eigenvalue weighted by molar-refractivity contribution is 5.83. The van der Waals surface area contributed by atoms with Crippen molar-refractivity contribution in [2.45, 2.75) is 47.1 Å². The van der Waals surface area contributed by atoms with E-state index in [1.807, 2.05) is 45.9 Å². The van der Waals surface area contributed by atoms with Gasteiger partial charge in [-0.15, -0.1) is 6.58 Å². The van der Waals surface area contributed by atoms with Crippen LogP contribution in [0.3, 0.4) is 0 Å². The highest BCUT2D eigenvalue weighted by atomic mass is 19.1. The summed E-state index contributed by atoms with van der Waals surface area (Å²) in [6, 6.07) is 13.1. The minimum absolute atomic E-state index is 0.0118. The zero-order valence-corrected chi connectivity index (χ0v) is 20.2. The first-order valence-corrected chi connectivity index (χ1v) is 10.7. The number of aliphatic hydroxyl groups excluding tert-OH is 1. The summed E-state index contributed by atoms with van der Waals surface area (Å²) in [5, 5.41) is 20.6. The molecule has 2 aromatic carbocycles. The maximum absolute atomic E-state index is 12.5. The number of benzene rings is 2. The fraction of sp³-hybridized carbons (Fsp3) is 0.296. The number of carbonyl (C=O) groups excluding carboxylic acids is 1. The average molecular weight is 462 g/mol. The average Bonchev–Trinajstić information content (AvgIpc) is 2.76. The van der Waals surface area contributed by atoms with Gasteiger partial charge in [0.1, 0.15) is 11.6 Å². The number of nitrogens with one attached hydrogen (secondary N) is 1. The van der Waals surface area contributed by atoms with Crippen LogP contribution < -0.4 is 5.32 Å². The molecule has 0 radical (unpaired) electrons. The molecule has 1 atom stereocenters. The maximum Gasteiger partial charge on any atom is 0.222 e. The van der Waals surface area contributed by atoms with Gasteiger partial charge in [-0.1, -0.05) is 56.8 Å². The number of hydrogen-bond donors (Lipinski definition) is 3. The molecular weight excluding hydrogens is 424 g/mol. The van der Waals surface area contributed by atoms with Gasteiger partial charge >= 0.3 is 0 Å². The van der Waals surface area contributed by atoms with Crippen LogP contribution in [0.2, 0.25) is 0 Å². The van der Waals surface area contributed by atoms with Crippen LogP contribution >= 0.6 is 0 Å². The van der Waals surface area contributed by atoms with Gasteiger partial charge in [0.25, 0.3) is 0 Å². The Morgan fingerprint density at radius 2 is 1.55 bits per heavy atom. The zero-order valence-electron chi connectivity index (χ0n) is 20.2. The molecule has 6 heteroatoms. The van der Waals surface area contributed by atoms with Crippen molar-refractivity contribution < 1.29 is 23.8 Å². The lowest BCUT2D eigenvalue weighted by molar-refractivity contribution is -0.128. The van der Waals surface area contributed by atoms with E-state index in [-0.39, 0.29) is 35.9 Å². The molecule has 1 heterocycles. The van der Waals surface area contributed by atoms with Crippen LogP contribution in [0.4, 0.5) is 8.78 Å². The maximum atomic E-state index is 12.5. The van der Waals surface area contributed by atoms with Gasteiger partial charge in [-0.25, -0.2) is 8.78 Å². The Bertz CT molecular complexity index is 833. The predicted octanol–water partition coefficient (Wildman–Crippen LogP) is 6.88. The molecule has 3 rings (SSSR count). The fourth-order valence-electron chi connectivity index (χ4n) is 2.28. The second-order valence-corrected chi connectivity index (χ2v) is 6.48. The molecule has 0 bridgehead atoms. The van der Waals surface area contributed by atoms with E-state index in [2.05, 4.69) is 18.5 Å². The Morgan fingerprint density at radius 3 is 1.88 bits per heavy atom. The number of β-lactam (4-membered cyclic amide) rings is 1. The molecule has 0 saturated carbocycles. The number of aromatic hydroxyl groups is 1. The molecule has 1 unspecified atom stereocenters. The number of aliphatic hydroxyl groups is 1. The number of allylic oxidation sites excluding steroid dienone is 3. The zero-order chi connectivity index (χ0) is 25.8. The van der Waals surface area contributed by atoms with E-state index in [1.165, 1.54) is 19.1 Å². The largest absolute Gasteiger partial charge is 0.508 e. The number of amides is 1. The second kappa shape index (κ2) is 19.4. The van der Waals surface area contributed by atoms with Gasteiger partial charge in [-0.05, 0) is 61.7 Å². The van der Waals surface area contributed by atoms with Crippen molar-refractivity contribution in [1.82, 2.24) is 5.32 Å². The molecule has 1 amide bonds. The minimum Gasteiger partial charge on any atom is -0.508 e. The van der Waals surface area contributed by atoms with E-state index in [0.29, 0.717) is 6.42 Å². The van der Waals surface area contributed by atoms with E-state index in [1.54, 1.807) is 30.3 Å². The third kappa shape index (κ3) is 15.2. The summed E-state index contributed by atoms with van der Waals surface area (Å²) in [5.74, 6) is -0.246. The summed E-state index contributed by atoms with van der Waals surface area (Å²) >= 11 is 0. The second-order valence-electron chi connectivity index (χ2n) is 6.48. The van der Waals surface area contributed by atoms with Crippen LogP contribution in [0.25, 0.3) is 5.57 Å². The van der Waals surface area contributed by atoms with Crippen LogP contribution in [0.15, 0.2) is 79.7 Å². The molecule has 3 N–H and O–H groups in total. The van der Waals surface area contributed by atoms with Gasteiger partial charge in [0.15, 0.2) is 0 Å². The fourth-order valence-corrected chi connectivity index (χ4v) is 2.28. The lowest BCUT2D eigenvalue weighted by Crippen LogP contribution is -2.41. The number of halogens is 2. The third-order valence-electron chi connectivity index (χ3n) is 3.75. The van der Waals surface area contributed by atoms with Gasteiger partial charge in [-0.3, -0.25) is 4.79 Å². The molecule has 4 nitrogen and oxygen atoms in total. The van der Waals surface area contributed by atoms with Crippen molar-refractivity contribution in [3.63, 3.8) is 0 Å². The van der Waals surface area contributed by atoms with Gasteiger partial charge < -0.3 is 15.5 Å². The molecule has 0 spiro atoms. The number of rotatable bonds is 3. The third-order valence-corrected chi connectivity index (χ3v) is 3.75. The molecule has 33 heavy (non-hydrogen) atoms. The van der Waals surface area contributed by atoms with E-state index < -0.39 is 0 Å². The van der Waals surface area contributed by atoms with Crippen molar-refractivity contribution in [2.24, 2.45) is 0 Å². The Balaban J connectivity index is 0. The molecular formula is C27H37F2NO3. The van der Waals surface area contributed by atoms with Gasteiger partial charge in [0, 0.05) is 0 Å². The van der Waals surface area contributed by atoms with Crippen LogP contribution in [-0.4, -0.2) is 22.7 Å². The first kappa shape index (κ1) is 31.9. The van der Waals surface area contributed by atoms with E-state index >= 15 is 0 Å². The van der Waals surface area contributed by atoms with E-state index in [0.717, 1.165) is 16.7 Å². The van der Waals surface area contributed by atoms with Crippen LogP contribution in [0.5, 0.6) is 5.75 Å². The summed E-state index contributed by atoms with van der Waals surface area (Å²) in [4.78, 5) is 10.6. The summed E-state index contributed by atoms with van der Waals surface area (Å²) in [6.45, 7) is 15.3. The molecule has 182 valence electrons. The topological polar surface area (TPSA) is 69.6 Å². The molecule has 1 aliphatic rings. The molecule has 0 aromatic heterocycles. The Morgan fingerprint density at radius 1 is 1.12 bits per heavy atom. The van der Waals surface area contributed by atoms with Crippen molar-refractivity contribution in [3.8, 4) is 5.75 Å². The molecule has 2 aromatic rings. The number of phenols is 1. The number of carbonyl (C=O) groups is 1. The normalized spacial score (nSPS) is 13.4. The first-order chi connectivity index (χ1) is 15.7. The van der Waals surface area contributed by atoms with Crippen LogP contribution in [-0.2, 0) is 4.79 Å². The van der Waals surface area contributed by atoms with Crippen molar-refractivity contribution in [2.75, 3.05) is 6.61 Å². The summed E-state index contributed by atoms with van der Waals surface area (Å²) in [7, 11) is 0. The highest BCUT2D eigenvalue weighted by Gasteiger charge is 2.26. The van der Waals surface area contributed by atoms with Crippen molar-refractivity contribution in [1.29, 1.82) is 0 Å². The SMILES string of the molecule is C/C=C(\CO)c1ccc(F)cc1.C=C(C)F.C=CC.CC.O=C1CC(c2ccc(O)cc2)N1. The van der Waals surface area contributed by atoms with Gasteiger partial charge in [-0.2, -0.15) is 0 Å². The van der Waals surface area contributed by atoms with Gasteiger partial charge in [0.05, 0.1) is 24.9 Å². The van der Waals surface area contributed by atoms with Crippen LogP contribution in [0, 0.1) is 5.82 Å². The van der Waals surface area contributed by atoms with Crippen molar-refractivity contribution in [3.05, 3.63) is 96.6 Å². The highest BCUT2D eigenvalue weighted by Crippen LogP contribution is 2.24.